The fraction of sp³-hybridized carbons (Fsp3) is 0.500. The summed E-state index contributed by atoms with van der Waals surface area (Å²) in [5.41, 5.74) is 6.08. The Balaban J connectivity index is 2.14. The van der Waals surface area contributed by atoms with E-state index in [-0.39, 0.29) is 5.41 Å². The van der Waals surface area contributed by atoms with E-state index in [9.17, 15) is 0 Å². The summed E-state index contributed by atoms with van der Waals surface area (Å²) in [5.74, 6) is 1.22. The smallest absolute Gasteiger partial charge is 0.0102 e. The van der Waals surface area contributed by atoms with Crippen LogP contribution in [-0.4, -0.2) is 5.75 Å². The van der Waals surface area contributed by atoms with Gasteiger partial charge in [-0.25, -0.2) is 0 Å². The molecular weight excluding hydrogens is 368 g/mol. The van der Waals surface area contributed by atoms with Gasteiger partial charge in [0.05, 0.1) is 0 Å². The largest absolute Gasteiger partial charge is 0.126 e. The summed E-state index contributed by atoms with van der Waals surface area (Å²) in [7, 11) is 0. The van der Waals surface area contributed by atoms with E-state index < -0.39 is 0 Å². The zero-order chi connectivity index (χ0) is 21.5. The lowest BCUT2D eigenvalue weighted by atomic mass is 9.75. The van der Waals surface area contributed by atoms with Crippen molar-refractivity contribution in [1.82, 2.24) is 0 Å². The summed E-state index contributed by atoms with van der Waals surface area (Å²) in [6.45, 7) is 16.0. The van der Waals surface area contributed by atoms with Crippen molar-refractivity contribution in [2.24, 2.45) is 10.8 Å². The first kappa shape index (κ1) is 23.8. The van der Waals surface area contributed by atoms with Crippen molar-refractivity contribution >= 4 is 17.8 Å². The van der Waals surface area contributed by atoms with Crippen molar-refractivity contribution < 1.29 is 0 Å². The Morgan fingerprint density at radius 3 is 2.52 bits per heavy atom. The molecule has 0 radical (unpaired) electrons. The molecule has 0 atom stereocenters. The van der Waals surface area contributed by atoms with Crippen LogP contribution in [0.5, 0.6) is 0 Å². The molecule has 0 nitrogen and oxygen atoms in total. The quantitative estimate of drug-likeness (QED) is 0.320. The third-order valence-electron chi connectivity index (χ3n) is 5.09. The normalized spacial score (nSPS) is 18.7. The minimum Gasteiger partial charge on any atom is -0.126 e. The van der Waals surface area contributed by atoms with Crippen LogP contribution in [-0.2, 0) is 0 Å². The van der Waals surface area contributed by atoms with Gasteiger partial charge in [0.25, 0.3) is 0 Å². The Hall–Kier alpha value is -1.47. The van der Waals surface area contributed by atoms with Gasteiger partial charge >= 0.3 is 0 Å². The van der Waals surface area contributed by atoms with Crippen LogP contribution in [0.25, 0.3) is 6.08 Å². The van der Waals surface area contributed by atoms with Gasteiger partial charge in [0.1, 0.15) is 0 Å². The third-order valence-corrected chi connectivity index (χ3v) is 6.35. The van der Waals surface area contributed by atoms with Crippen LogP contribution in [0.3, 0.4) is 0 Å². The summed E-state index contributed by atoms with van der Waals surface area (Å²) < 4.78 is 0. The molecule has 0 amide bonds. The molecule has 0 aliphatic heterocycles. The number of hydrogen-bond donors (Lipinski definition) is 0. The molecule has 0 N–H and O–H groups in total. The lowest BCUT2D eigenvalue weighted by Crippen LogP contribution is -2.16. The van der Waals surface area contributed by atoms with Gasteiger partial charge in [0.15, 0.2) is 0 Å². The second-order valence-corrected chi connectivity index (χ2v) is 11.4. The number of benzene rings is 1. The number of allylic oxidation sites excluding steroid dienone is 7. The van der Waals surface area contributed by atoms with Crippen LogP contribution in [0.15, 0.2) is 64.6 Å². The van der Waals surface area contributed by atoms with Crippen LogP contribution in [0.1, 0.15) is 78.4 Å². The topological polar surface area (TPSA) is 0 Å². The van der Waals surface area contributed by atoms with E-state index in [2.05, 4.69) is 103 Å². The first-order chi connectivity index (χ1) is 13.6. The highest BCUT2D eigenvalue weighted by Crippen LogP contribution is 2.38. The average Bonchev–Trinajstić information content (AvgIpc) is 2.59. The summed E-state index contributed by atoms with van der Waals surface area (Å²) in [5, 5.41) is 0. The van der Waals surface area contributed by atoms with Gasteiger partial charge in [-0.1, -0.05) is 96.6 Å². The molecule has 1 aliphatic carbocycles. The maximum Gasteiger partial charge on any atom is 0.0102 e. The highest BCUT2D eigenvalue weighted by molar-refractivity contribution is 7.99. The number of rotatable bonds is 7. The molecular formula is C28H40S. The van der Waals surface area contributed by atoms with Crippen molar-refractivity contribution in [1.29, 1.82) is 0 Å². The van der Waals surface area contributed by atoms with Crippen molar-refractivity contribution in [2.75, 3.05) is 5.75 Å². The highest BCUT2D eigenvalue weighted by atomic mass is 32.2. The lowest BCUT2D eigenvalue weighted by Gasteiger charge is -2.30. The SMILES string of the molecule is CCCCSc1ccc(/C=C/C2=CC(=C/C=C/C(C)(C)C)/CC(C)(C)C2)cc1C. The van der Waals surface area contributed by atoms with Crippen LogP contribution in [0, 0.1) is 17.8 Å². The van der Waals surface area contributed by atoms with Gasteiger partial charge in [-0.2, -0.15) is 0 Å². The van der Waals surface area contributed by atoms with E-state index in [1.54, 1.807) is 0 Å². The number of aryl methyl sites for hydroxylation is 1. The molecule has 1 heteroatoms. The standard InChI is InChI=1S/C28H40S/c1-8-9-17-29-26-15-14-23(18-22(26)2)12-13-25-19-24(20-28(6,7)21-25)11-10-16-27(3,4)5/h10-16,18-19H,8-9,17,20-21H2,1-7H3/b13-12+,16-10+,24-11-. The monoisotopic (exact) mass is 408 g/mol. The zero-order valence-corrected chi connectivity index (χ0v) is 20.5. The average molecular weight is 409 g/mol. The predicted octanol–water partition coefficient (Wildman–Crippen LogP) is 9.18. The predicted molar refractivity (Wildman–Crippen MR) is 134 cm³/mol. The Kier molecular flexibility index (Phi) is 8.64. The molecule has 1 aliphatic rings. The molecule has 0 aromatic heterocycles. The highest BCUT2D eigenvalue weighted by Gasteiger charge is 2.24. The van der Waals surface area contributed by atoms with Gasteiger partial charge in [-0.15, -0.1) is 11.8 Å². The Labute approximate surface area is 184 Å². The first-order valence-electron chi connectivity index (χ1n) is 11.1. The molecule has 0 fully saturated rings. The van der Waals surface area contributed by atoms with Crippen LogP contribution in [0.2, 0.25) is 0 Å². The third kappa shape index (κ3) is 8.83. The van der Waals surface area contributed by atoms with Gasteiger partial charge < -0.3 is 0 Å². The van der Waals surface area contributed by atoms with Crippen LogP contribution < -0.4 is 0 Å². The van der Waals surface area contributed by atoms with E-state index in [0.29, 0.717) is 5.41 Å². The molecule has 158 valence electrons. The molecule has 2 rings (SSSR count). The van der Waals surface area contributed by atoms with Gasteiger partial charge in [-0.05, 0) is 71.1 Å². The molecule has 0 bridgehead atoms. The Morgan fingerprint density at radius 1 is 1.10 bits per heavy atom. The van der Waals surface area contributed by atoms with Crippen LogP contribution in [0.4, 0.5) is 0 Å². The molecule has 0 saturated carbocycles. The number of thioether (sulfide) groups is 1. The van der Waals surface area contributed by atoms with E-state index in [1.807, 2.05) is 11.8 Å². The van der Waals surface area contributed by atoms with Gasteiger partial charge in [-0.3, -0.25) is 0 Å². The van der Waals surface area contributed by atoms with Crippen molar-refractivity contribution in [3.8, 4) is 0 Å². The summed E-state index contributed by atoms with van der Waals surface area (Å²) in [4.78, 5) is 1.42. The Bertz CT molecular complexity index is 794. The van der Waals surface area contributed by atoms with E-state index >= 15 is 0 Å². The molecule has 1 aromatic rings. The fourth-order valence-electron chi connectivity index (χ4n) is 3.65. The summed E-state index contributed by atoms with van der Waals surface area (Å²) >= 11 is 1.99. The molecule has 0 unspecified atom stereocenters. The number of hydrogen-bond acceptors (Lipinski definition) is 1. The van der Waals surface area contributed by atoms with Crippen LogP contribution >= 0.6 is 11.8 Å². The fourth-order valence-corrected chi connectivity index (χ4v) is 4.75. The Morgan fingerprint density at radius 2 is 1.86 bits per heavy atom. The summed E-state index contributed by atoms with van der Waals surface area (Å²) in [6, 6.07) is 6.87. The maximum absolute atomic E-state index is 2.39. The lowest BCUT2D eigenvalue weighted by molar-refractivity contribution is 0.355. The van der Waals surface area contributed by atoms with E-state index in [0.717, 1.165) is 12.8 Å². The second kappa shape index (κ2) is 10.5. The van der Waals surface area contributed by atoms with Gasteiger partial charge in [0.2, 0.25) is 0 Å². The first-order valence-corrected chi connectivity index (χ1v) is 12.1. The van der Waals surface area contributed by atoms with Crippen molar-refractivity contribution in [2.45, 2.75) is 79.0 Å². The molecule has 0 saturated heterocycles. The molecule has 1 aromatic carbocycles. The zero-order valence-electron chi connectivity index (χ0n) is 19.6. The second-order valence-electron chi connectivity index (χ2n) is 10.3. The van der Waals surface area contributed by atoms with Crippen molar-refractivity contribution in [3.05, 3.63) is 70.9 Å². The maximum atomic E-state index is 2.39. The number of unbranched alkanes of at least 4 members (excludes halogenated alkanes) is 1. The molecule has 0 heterocycles. The summed E-state index contributed by atoms with van der Waals surface area (Å²) in [6.07, 6.45) is 18.6. The van der Waals surface area contributed by atoms with E-state index in [4.69, 9.17) is 0 Å². The van der Waals surface area contributed by atoms with Gasteiger partial charge in [0, 0.05) is 4.90 Å². The molecule has 0 spiro atoms. The van der Waals surface area contributed by atoms with Crippen molar-refractivity contribution in [3.63, 3.8) is 0 Å². The van der Waals surface area contributed by atoms with E-state index in [1.165, 1.54) is 45.8 Å². The molecule has 29 heavy (non-hydrogen) atoms. The minimum absolute atomic E-state index is 0.229. The minimum atomic E-state index is 0.229.